The van der Waals surface area contributed by atoms with Gasteiger partial charge in [-0.15, -0.1) is 0 Å². The summed E-state index contributed by atoms with van der Waals surface area (Å²) in [5.74, 6) is 2.07. The second-order valence-electron chi connectivity index (χ2n) is 4.72. The van der Waals surface area contributed by atoms with Gasteiger partial charge in [0.1, 0.15) is 5.82 Å². The van der Waals surface area contributed by atoms with Gasteiger partial charge in [-0.05, 0) is 19.3 Å². The topological polar surface area (TPSA) is 47.1 Å². The van der Waals surface area contributed by atoms with Crippen LogP contribution in [0.15, 0.2) is 0 Å². The number of hydrogen-bond acceptors (Lipinski definition) is 3. The Balaban J connectivity index is 2.27. The summed E-state index contributed by atoms with van der Waals surface area (Å²) in [6, 6.07) is 0. The first kappa shape index (κ1) is 11.5. The molecule has 16 heavy (non-hydrogen) atoms. The molecule has 1 atom stereocenters. The van der Waals surface area contributed by atoms with Gasteiger partial charge in [-0.1, -0.05) is 13.3 Å². The molecule has 1 aliphatic heterocycles. The number of anilines is 1. The normalized spacial score (nSPS) is 20.8. The Hall–Kier alpha value is -1.03. The van der Waals surface area contributed by atoms with Gasteiger partial charge in [0.15, 0.2) is 0 Å². The summed E-state index contributed by atoms with van der Waals surface area (Å²) in [5.41, 5.74) is 8.10. The molecule has 90 valence electrons. The van der Waals surface area contributed by atoms with Gasteiger partial charge in [-0.3, -0.25) is 4.68 Å². The Morgan fingerprint density at radius 1 is 1.50 bits per heavy atom. The molecular weight excluding hydrogens is 200 g/mol. The lowest BCUT2D eigenvalue weighted by atomic mass is 10.1. The summed E-state index contributed by atoms with van der Waals surface area (Å²) in [6.07, 6.45) is 2.57. The predicted molar refractivity (Wildman–Crippen MR) is 66.4 cm³/mol. The summed E-state index contributed by atoms with van der Waals surface area (Å²) in [5, 5.41) is 4.47. The highest BCUT2D eigenvalue weighted by atomic mass is 15.4. The van der Waals surface area contributed by atoms with Gasteiger partial charge in [0, 0.05) is 32.2 Å². The van der Waals surface area contributed by atoms with E-state index in [1.807, 2.05) is 18.7 Å². The minimum atomic E-state index is 0.586. The van der Waals surface area contributed by atoms with Gasteiger partial charge in [0.05, 0.1) is 5.69 Å². The fourth-order valence-corrected chi connectivity index (χ4v) is 2.68. The molecule has 0 spiro atoms. The molecule has 4 nitrogen and oxygen atoms in total. The molecule has 0 amide bonds. The van der Waals surface area contributed by atoms with Crippen molar-refractivity contribution in [2.75, 3.05) is 18.0 Å². The maximum atomic E-state index is 5.82. The summed E-state index contributed by atoms with van der Waals surface area (Å²) >= 11 is 0. The van der Waals surface area contributed by atoms with Crippen LogP contribution in [0.2, 0.25) is 0 Å². The van der Waals surface area contributed by atoms with Crippen molar-refractivity contribution in [3.8, 4) is 0 Å². The number of nitrogens with two attached hydrogens (primary N) is 1. The molecule has 1 aromatic rings. The number of aromatic nitrogens is 2. The minimum Gasteiger partial charge on any atom is -0.356 e. The SMILES string of the molecule is CCC1CCN(c2c(CN)c(C)nn2C)C1. The number of nitrogens with zero attached hydrogens (tertiary/aromatic N) is 3. The maximum Gasteiger partial charge on any atom is 0.131 e. The van der Waals surface area contributed by atoms with Crippen molar-refractivity contribution in [2.45, 2.75) is 33.2 Å². The van der Waals surface area contributed by atoms with Crippen molar-refractivity contribution in [2.24, 2.45) is 18.7 Å². The Labute approximate surface area is 97.4 Å². The second-order valence-corrected chi connectivity index (χ2v) is 4.72. The van der Waals surface area contributed by atoms with E-state index < -0.39 is 0 Å². The first-order valence-corrected chi connectivity index (χ1v) is 6.14. The molecule has 1 aliphatic rings. The molecule has 2 rings (SSSR count). The maximum absolute atomic E-state index is 5.82. The lowest BCUT2D eigenvalue weighted by Crippen LogP contribution is -2.24. The average molecular weight is 222 g/mol. The van der Waals surface area contributed by atoms with Crippen LogP contribution in [0.25, 0.3) is 0 Å². The molecular formula is C12H22N4. The number of rotatable bonds is 3. The molecule has 0 aromatic carbocycles. The molecule has 0 aliphatic carbocycles. The number of aryl methyl sites for hydroxylation is 2. The molecule has 2 heterocycles. The van der Waals surface area contributed by atoms with Crippen molar-refractivity contribution in [3.63, 3.8) is 0 Å². The second kappa shape index (κ2) is 4.45. The highest BCUT2D eigenvalue weighted by Gasteiger charge is 2.26. The van der Waals surface area contributed by atoms with Gasteiger partial charge in [-0.2, -0.15) is 5.10 Å². The van der Waals surface area contributed by atoms with Crippen molar-refractivity contribution in [1.29, 1.82) is 0 Å². The lowest BCUT2D eigenvalue weighted by molar-refractivity contribution is 0.567. The smallest absolute Gasteiger partial charge is 0.131 e. The quantitative estimate of drug-likeness (QED) is 0.841. The molecule has 0 radical (unpaired) electrons. The van der Waals surface area contributed by atoms with Crippen LogP contribution in [0.5, 0.6) is 0 Å². The Bertz CT molecular complexity index is 369. The van der Waals surface area contributed by atoms with E-state index in [0.29, 0.717) is 6.54 Å². The van der Waals surface area contributed by atoms with E-state index in [1.54, 1.807) is 0 Å². The summed E-state index contributed by atoms with van der Waals surface area (Å²) in [4.78, 5) is 2.44. The van der Waals surface area contributed by atoms with Crippen LogP contribution in [0.1, 0.15) is 31.0 Å². The van der Waals surface area contributed by atoms with E-state index in [4.69, 9.17) is 5.73 Å². The lowest BCUT2D eigenvalue weighted by Gasteiger charge is -2.20. The van der Waals surface area contributed by atoms with Crippen molar-refractivity contribution in [1.82, 2.24) is 9.78 Å². The fraction of sp³-hybridized carbons (Fsp3) is 0.750. The standard InChI is InChI=1S/C12H22N4/c1-4-10-5-6-16(8-10)12-11(7-13)9(2)14-15(12)3/h10H,4-8,13H2,1-3H3. The summed E-state index contributed by atoms with van der Waals surface area (Å²) < 4.78 is 1.98. The van der Waals surface area contributed by atoms with Gasteiger partial charge in [0.2, 0.25) is 0 Å². The Morgan fingerprint density at radius 2 is 2.25 bits per heavy atom. The fourth-order valence-electron chi connectivity index (χ4n) is 2.68. The van der Waals surface area contributed by atoms with Crippen LogP contribution < -0.4 is 10.6 Å². The van der Waals surface area contributed by atoms with E-state index >= 15 is 0 Å². The number of hydrogen-bond donors (Lipinski definition) is 1. The highest BCUT2D eigenvalue weighted by Crippen LogP contribution is 2.29. The third kappa shape index (κ3) is 1.82. The van der Waals surface area contributed by atoms with Gasteiger partial charge < -0.3 is 10.6 Å². The Kier molecular flexibility index (Phi) is 3.19. The van der Waals surface area contributed by atoms with Crippen LogP contribution in [-0.4, -0.2) is 22.9 Å². The zero-order valence-corrected chi connectivity index (χ0v) is 10.5. The van der Waals surface area contributed by atoms with Gasteiger partial charge in [0.25, 0.3) is 0 Å². The van der Waals surface area contributed by atoms with Gasteiger partial charge in [-0.25, -0.2) is 0 Å². The highest BCUT2D eigenvalue weighted by molar-refractivity contribution is 5.50. The molecule has 1 unspecified atom stereocenters. The zero-order valence-electron chi connectivity index (χ0n) is 10.5. The molecule has 4 heteroatoms. The van der Waals surface area contributed by atoms with Gasteiger partial charge >= 0.3 is 0 Å². The van der Waals surface area contributed by atoms with E-state index in [-0.39, 0.29) is 0 Å². The predicted octanol–water partition coefficient (Wildman–Crippen LogP) is 1.42. The van der Waals surface area contributed by atoms with Crippen LogP contribution in [0, 0.1) is 12.8 Å². The first-order valence-electron chi connectivity index (χ1n) is 6.14. The molecule has 1 aromatic heterocycles. The average Bonchev–Trinajstić information content (AvgIpc) is 2.82. The Morgan fingerprint density at radius 3 is 2.81 bits per heavy atom. The van der Waals surface area contributed by atoms with Crippen LogP contribution >= 0.6 is 0 Å². The first-order chi connectivity index (χ1) is 7.67. The zero-order chi connectivity index (χ0) is 11.7. The summed E-state index contributed by atoms with van der Waals surface area (Å²) in [6.45, 7) is 7.20. The van der Waals surface area contributed by atoms with Crippen LogP contribution in [0.4, 0.5) is 5.82 Å². The van der Waals surface area contributed by atoms with Crippen LogP contribution in [0.3, 0.4) is 0 Å². The molecule has 1 fully saturated rings. The van der Waals surface area contributed by atoms with E-state index in [1.165, 1.54) is 24.2 Å². The molecule has 2 N–H and O–H groups in total. The van der Waals surface area contributed by atoms with Crippen molar-refractivity contribution < 1.29 is 0 Å². The van der Waals surface area contributed by atoms with Crippen molar-refractivity contribution in [3.05, 3.63) is 11.3 Å². The molecule has 1 saturated heterocycles. The van der Waals surface area contributed by atoms with E-state index in [2.05, 4.69) is 16.9 Å². The summed E-state index contributed by atoms with van der Waals surface area (Å²) in [7, 11) is 2.01. The molecule has 0 bridgehead atoms. The third-order valence-corrected chi connectivity index (χ3v) is 3.68. The third-order valence-electron chi connectivity index (χ3n) is 3.68. The van der Waals surface area contributed by atoms with E-state index in [0.717, 1.165) is 24.7 Å². The minimum absolute atomic E-state index is 0.586. The van der Waals surface area contributed by atoms with Crippen LogP contribution in [-0.2, 0) is 13.6 Å². The largest absolute Gasteiger partial charge is 0.356 e. The van der Waals surface area contributed by atoms with Crippen molar-refractivity contribution >= 4 is 5.82 Å². The molecule has 0 saturated carbocycles. The van der Waals surface area contributed by atoms with E-state index in [9.17, 15) is 0 Å². The monoisotopic (exact) mass is 222 g/mol.